The van der Waals surface area contributed by atoms with Crippen LogP contribution in [0.5, 0.6) is 0 Å². The van der Waals surface area contributed by atoms with E-state index in [1.807, 2.05) is 0 Å². The van der Waals surface area contributed by atoms with Crippen LogP contribution in [0.15, 0.2) is 23.3 Å². The van der Waals surface area contributed by atoms with Crippen molar-refractivity contribution in [2.24, 2.45) is 0 Å². The van der Waals surface area contributed by atoms with E-state index in [9.17, 15) is 0 Å². The van der Waals surface area contributed by atoms with Gasteiger partial charge in [0.25, 0.3) is 0 Å². The second-order valence-corrected chi connectivity index (χ2v) is 7.73. The fourth-order valence-electron chi connectivity index (χ4n) is 1.54. The first-order chi connectivity index (χ1) is 4.96. The zero-order valence-electron chi connectivity index (χ0n) is 8.23. The Balaban J connectivity index is 2.96. The van der Waals surface area contributed by atoms with Crippen LogP contribution in [0, 0.1) is 0 Å². The van der Waals surface area contributed by atoms with E-state index in [-0.39, 0.29) is 0 Å². The Morgan fingerprint density at radius 1 is 1.09 bits per heavy atom. The van der Waals surface area contributed by atoms with Gasteiger partial charge in [-0.05, 0) is 18.9 Å². The number of hydrogen-bond acceptors (Lipinski definition) is 0. The van der Waals surface area contributed by atoms with Crippen LogP contribution < -0.4 is 0 Å². The Labute approximate surface area is 71.6 Å². The van der Waals surface area contributed by atoms with E-state index >= 15 is 0 Å². The molecule has 1 aliphatic carbocycles. The van der Waals surface area contributed by atoms with Crippen LogP contribution in [0.2, 0.25) is 18.1 Å². The van der Waals surface area contributed by atoms with Crippen molar-refractivity contribution in [2.75, 3.05) is 0 Å². The molecule has 1 aliphatic rings. The Bertz CT molecular complexity index is 203. The van der Waals surface area contributed by atoms with Gasteiger partial charge in [0.2, 0.25) is 0 Å². The van der Waals surface area contributed by atoms with Crippen LogP contribution in [0.3, 0.4) is 0 Å². The summed E-state index contributed by atoms with van der Waals surface area (Å²) in [6.45, 7) is 11.6. The molecule has 0 aromatic carbocycles. The molecule has 0 spiro atoms. The summed E-state index contributed by atoms with van der Waals surface area (Å²) in [5.41, 5.74) is 2.96. The average Bonchev–Trinajstić information content (AvgIpc) is 2.09. The molecule has 0 atom stereocenters. The lowest BCUT2D eigenvalue weighted by molar-refractivity contribution is 0.946. The van der Waals surface area contributed by atoms with Gasteiger partial charge < -0.3 is 0 Å². The van der Waals surface area contributed by atoms with Gasteiger partial charge in [0.1, 0.15) is 0 Å². The van der Waals surface area contributed by atoms with E-state index in [4.69, 9.17) is 0 Å². The Morgan fingerprint density at radius 2 is 1.45 bits per heavy atom. The summed E-state index contributed by atoms with van der Waals surface area (Å²) in [5, 5.41) is 0.453. The van der Waals surface area contributed by atoms with E-state index in [1.54, 1.807) is 0 Å². The highest BCUT2D eigenvalue weighted by atomic mass is 28.3. The zero-order valence-corrected chi connectivity index (χ0v) is 9.39. The van der Waals surface area contributed by atoms with Gasteiger partial charge in [0.15, 0.2) is 0 Å². The minimum atomic E-state index is -0.568. The molecule has 0 heterocycles. The Kier molecular flexibility index (Phi) is 2.10. The molecule has 0 unspecified atom stereocenters. The second kappa shape index (κ2) is 2.63. The van der Waals surface area contributed by atoms with Crippen molar-refractivity contribution in [3.8, 4) is 0 Å². The van der Waals surface area contributed by atoms with Crippen LogP contribution in [0.1, 0.15) is 20.8 Å². The summed E-state index contributed by atoms with van der Waals surface area (Å²) in [6, 6.07) is 0. The fourth-order valence-corrected chi connectivity index (χ4v) is 2.70. The van der Waals surface area contributed by atoms with Crippen LogP contribution in [0.25, 0.3) is 0 Å². The summed E-state index contributed by atoms with van der Waals surface area (Å²) in [4.78, 5) is 0. The molecule has 1 heteroatoms. The smallest absolute Gasteiger partial charge is 0.0463 e. The maximum absolute atomic E-state index is 2.44. The van der Waals surface area contributed by atoms with E-state index in [1.165, 1.54) is 11.1 Å². The van der Waals surface area contributed by atoms with Crippen molar-refractivity contribution in [2.45, 2.75) is 38.9 Å². The molecule has 0 bridgehead atoms. The molecule has 0 saturated heterocycles. The fraction of sp³-hybridized carbons (Fsp3) is 0.600. The van der Waals surface area contributed by atoms with Crippen LogP contribution in [-0.4, -0.2) is 8.80 Å². The van der Waals surface area contributed by atoms with Gasteiger partial charge >= 0.3 is 0 Å². The lowest BCUT2D eigenvalue weighted by Crippen LogP contribution is -2.18. The number of rotatable bonds is 1. The highest BCUT2D eigenvalue weighted by molar-refractivity contribution is 6.61. The summed E-state index contributed by atoms with van der Waals surface area (Å²) in [7, 11) is -0.568. The van der Waals surface area contributed by atoms with Crippen molar-refractivity contribution in [3.05, 3.63) is 23.3 Å². The molecule has 0 aromatic rings. The minimum Gasteiger partial charge on any atom is -0.0747 e. The molecule has 1 rings (SSSR count). The van der Waals surface area contributed by atoms with Crippen molar-refractivity contribution < 1.29 is 0 Å². The molecule has 0 N–H and O–H groups in total. The van der Waals surface area contributed by atoms with Crippen LogP contribution in [0.4, 0.5) is 0 Å². The Morgan fingerprint density at radius 3 is 1.64 bits per heavy atom. The van der Waals surface area contributed by atoms with Gasteiger partial charge in [-0.15, -0.1) is 0 Å². The largest absolute Gasteiger partial charge is 0.0747 e. The van der Waals surface area contributed by atoms with Crippen molar-refractivity contribution in [3.63, 3.8) is 0 Å². The third-order valence-electron chi connectivity index (χ3n) is 2.92. The van der Waals surface area contributed by atoms with Gasteiger partial charge in [-0.1, -0.05) is 43.3 Å². The number of hydrogen-bond donors (Lipinski definition) is 0. The Hall–Kier alpha value is -0.303. The van der Waals surface area contributed by atoms with Gasteiger partial charge in [0, 0.05) is 8.80 Å². The molecule has 0 amide bonds. The monoisotopic (exact) mass is 166 g/mol. The number of allylic oxidation sites excluding steroid dienone is 4. The first-order valence-electron chi connectivity index (χ1n) is 4.35. The van der Waals surface area contributed by atoms with Gasteiger partial charge in [-0.3, -0.25) is 0 Å². The van der Waals surface area contributed by atoms with E-state index in [2.05, 4.69) is 46.0 Å². The normalized spacial score (nSPS) is 22.0. The standard InChI is InChI=1S/C10H18Si/c1-8-6-10(3,11(4)5)7-9(8)2/h6-7,11H,1-5H3. The summed E-state index contributed by atoms with van der Waals surface area (Å²) in [5.74, 6) is 0. The van der Waals surface area contributed by atoms with E-state index < -0.39 is 8.80 Å². The van der Waals surface area contributed by atoms with Gasteiger partial charge in [-0.2, -0.15) is 0 Å². The molecular weight excluding hydrogens is 148 g/mol. The molecule has 0 aromatic heterocycles. The maximum Gasteiger partial charge on any atom is 0.0463 e. The highest BCUT2D eigenvalue weighted by Gasteiger charge is 2.28. The molecular formula is C10H18Si. The quantitative estimate of drug-likeness (QED) is 0.525. The topological polar surface area (TPSA) is 0 Å². The van der Waals surface area contributed by atoms with Gasteiger partial charge in [-0.25, -0.2) is 0 Å². The molecule has 0 saturated carbocycles. The van der Waals surface area contributed by atoms with Crippen molar-refractivity contribution in [1.29, 1.82) is 0 Å². The summed E-state index contributed by atoms with van der Waals surface area (Å²) in [6.07, 6.45) is 4.89. The maximum atomic E-state index is 2.44. The lowest BCUT2D eigenvalue weighted by Gasteiger charge is -2.22. The summed E-state index contributed by atoms with van der Waals surface area (Å²) >= 11 is 0. The molecule has 0 aliphatic heterocycles. The predicted octanol–water partition coefficient (Wildman–Crippen LogP) is 3.14. The zero-order chi connectivity index (χ0) is 8.65. The van der Waals surface area contributed by atoms with Crippen LogP contribution >= 0.6 is 0 Å². The molecule has 11 heavy (non-hydrogen) atoms. The minimum absolute atomic E-state index is 0.453. The molecule has 0 fully saturated rings. The third-order valence-corrected chi connectivity index (χ3v) is 5.74. The predicted molar refractivity (Wildman–Crippen MR) is 54.8 cm³/mol. The SMILES string of the molecule is CC1=CC(C)([SiH](C)C)C=C1C. The van der Waals surface area contributed by atoms with Crippen molar-refractivity contribution >= 4 is 8.80 Å². The second-order valence-electron chi connectivity index (χ2n) is 4.18. The van der Waals surface area contributed by atoms with E-state index in [0.29, 0.717) is 5.04 Å². The van der Waals surface area contributed by atoms with Crippen LogP contribution in [-0.2, 0) is 0 Å². The highest BCUT2D eigenvalue weighted by Crippen LogP contribution is 2.41. The molecule has 0 radical (unpaired) electrons. The third kappa shape index (κ3) is 1.48. The first kappa shape index (κ1) is 8.79. The van der Waals surface area contributed by atoms with Crippen molar-refractivity contribution in [1.82, 2.24) is 0 Å². The molecule has 62 valence electrons. The van der Waals surface area contributed by atoms with E-state index in [0.717, 1.165) is 0 Å². The van der Waals surface area contributed by atoms with Gasteiger partial charge in [0.05, 0.1) is 0 Å². The first-order valence-corrected chi connectivity index (χ1v) is 7.23. The lowest BCUT2D eigenvalue weighted by atomic mass is 10.2. The summed E-state index contributed by atoms with van der Waals surface area (Å²) < 4.78 is 0. The molecule has 0 nitrogen and oxygen atoms in total. The average molecular weight is 166 g/mol.